The van der Waals surface area contributed by atoms with Crippen molar-refractivity contribution in [1.29, 1.82) is 0 Å². The number of hydrogen-bond acceptors (Lipinski definition) is 4. The van der Waals surface area contributed by atoms with Crippen LogP contribution in [0.4, 0.5) is 5.69 Å². The van der Waals surface area contributed by atoms with Gasteiger partial charge in [-0.1, -0.05) is 12.1 Å². The van der Waals surface area contributed by atoms with Crippen molar-refractivity contribution in [3.05, 3.63) is 52.6 Å². The second kappa shape index (κ2) is 8.01. The molecular weight excluding hydrogens is 340 g/mol. The lowest BCUT2D eigenvalue weighted by Gasteiger charge is -2.32. The normalized spacial score (nSPS) is 14.5. The van der Waals surface area contributed by atoms with E-state index in [4.69, 9.17) is 15.2 Å². The lowest BCUT2D eigenvalue weighted by Crippen LogP contribution is -2.47. The zero-order chi connectivity index (χ0) is 19.6. The molecule has 0 aromatic heterocycles. The van der Waals surface area contributed by atoms with Crippen molar-refractivity contribution in [3.8, 4) is 11.5 Å². The molecule has 1 amide bonds. The van der Waals surface area contributed by atoms with Crippen molar-refractivity contribution in [2.24, 2.45) is 5.73 Å². The third-order valence-electron chi connectivity index (χ3n) is 5.31. The number of benzene rings is 2. The van der Waals surface area contributed by atoms with E-state index in [0.29, 0.717) is 13.0 Å². The maximum atomic E-state index is 13.2. The lowest BCUT2D eigenvalue weighted by molar-refractivity contribution is -0.119. The van der Waals surface area contributed by atoms with Gasteiger partial charge in [-0.3, -0.25) is 4.79 Å². The van der Waals surface area contributed by atoms with Crippen LogP contribution in [0.25, 0.3) is 0 Å². The second-order valence-electron chi connectivity index (χ2n) is 7.11. The maximum absolute atomic E-state index is 13.2. The number of ether oxygens (including phenoxy) is 2. The average molecular weight is 368 g/mol. The van der Waals surface area contributed by atoms with Crippen LogP contribution < -0.4 is 20.1 Å². The van der Waals surface area contributed by atoms with Crippen LogP contribution in [0, 0.1) is 13.8 Å². The molecule has 27 heavy (non-hydrogen) atoms. The highest BCUT2D eigenvalue weighted by Gasteiger charge is 2.29. The number of carbonyl (C=O) groups is 1. The van der Waals surface area contributed by atoms with Crippen molar-refractivity contribution in [2.45, 2.75) is 39.2 Å². The number of fused-ring (bicyclic) bond motifs is 1. The zero-order valence-electron chi connectivity index (χ0n) is 16.5. The number of methoxy groups -OCH3 is 2. The van der Waals surface area contributed by atoms with Gasteiger partial charge in [-0.2, -0.15) is 0 Å². The predicted molar refractivity (Wildman–Crippen MR) is 108 cm³/mol. The van der Waals surface area contributed by atoms with E-state index in [-0.39, 0.29) is 5.91 Å². The van der Waals surface area contributed by atoms with Gasteiger partial charge in [-0.15, -0.1) is 0 Å². The largest absolute Gasteiger partial charge is 0.497 e. The first-order chi connectivity index (χ1) is 13.0. The molecule has 0 bridgehead atoms. The fraction of sp³-hybridized carbons (Fsp3) is 0.409. The van der Waals surface area contributed by atoms with Gasteiger partial charge in [0.25, 0.3) is 0 Å². The Hall–Kier alpha value is -2.53. The average Bonchev–Trinajstić information content (AvgIpc) is 2.68. The molecule has 2 aromatic carbocycles. The minimum absolute atomic E-state index is 0.0601. The van der Waals surface area contributed by atoms with Gasteiger partial charge in [0, 0.05) is 6.54 Å². The minimum atomic E-state index is -0.605. The topological polar surface area (TPSA) is 64.8 Å². The Labute approximate surface area is 161 Å². The summed E-state index contributed by atoms with van der Waals surface area (Å²) in [5.41, 5.74) is 11.7. The molecule has 0 saturated heterocycles. The summed E-state index contributed by atoms with van der Waals surface area (Å²) in [6.45, 7) is 4.73. The summed E-state index contributed by atoms with van der Waals surface area (Å²) in [7, 11) is 3.29. The van der Waals surface area contributed by atoms with E-state index in [1.54, 1.807) is 19.1 Å². The molecule has 0 fully saturated rings. The van der Waals surface area contributed by atoms with Crippen molar-refractivity contribution >= 4 is 11.6 Å². The molecule has 5 nitrogen and oxygen atoms in total. The highest BCUT2D eigenvalue weighted by Crippen LogP contribution is 2.36. The standard InChI is InChI=1S/C22H28N2O3/c1-14-11-17(26-3)12-15(2)18(14)13-19(23)22(25)24-10-6-8-16-7-5-9-20(27-4)21(16)24/h5,7,9,11-12,19H,6,8,10,13,23H2,1-4H3/t19-/m0/s1. The molecule has 0 spiro atoms. The Morgan fingerprint density at radius 3 is 2.52 bits per heavy atom. The van der Waals surface area contributed by atoms with E-state index in [9.17, 15) is 4.79 Å². The van der Waals surface area contributed by atoms with Crippen LogP contribution in [0.5, 0.6) is 11.5 Å². The van der Waals surface area contributed by atoms with Gasteiger partial charge in [0.15, 0.2) is 0 Å². The molecule has 1 aliphatic rings. The number of anilines is 1. The first-order valence-electron chi connectivity index (χ1n) is 9.33. The van der Waals surface area contributed by atoms with Gasteiger partial charge in [0.05, 0.1) is 25.9 Å². The summed E-state index contributed by atoms with van der Waals surface area (Å²) in [5, 5.41) is 0. The van der Waals surface area contributed by atoms with Crippen LogP contribution in [0.2, 0.25) is 0 Å². The molecule has 5 heteroatoms. The molecule has 2 aromatic rings. The number of hydrogen-bond donors (Lipinski definition) is 1. The molecule has 1 atom stereocenters. The Morgan fingerprint density at radius 1 is 1.19 bits per heavy atom. The second-order valence-corrected chi connectivity index (χ2v) is 7.11. The molecule has 0 unspecified atom stereocenters. The first kappa shape index (κ1) is 19.2. The number of para-hydroxylation sites is 1. The first-order valence-corrected chi connectivity index (χ1v) is 9.33. The molecule has 144 valence electrons. The molecular formula is C22H28N2O3. The van der Waals surface area contributed by atoms with E-state index < -0.39 is 6.04 Å². The lowest BCUT2D eigenvalue weighted by atomic mass is 9.94. The summed E-state index contributed by atoms with van der Waals surface area (Å²) < 4.78 is 10.8. The fourth-order valence-electron chi connectivity index (χ4n) is 3.90. The summed E-state index contributed by atoms with van der Waals surface area (Å²) in [4.78, 5) is 15.0. The van der Waals surface area contributed by atoms with E-state index in [0.717, 1.165) is 52.3 Å². The van der Waals surface area contributed by atoms with Crippen molar-refractivity contribution < 1.29 is 14.3 Å². The minimum Gasteiger partial charge on any atom is -0.497 e. The third-order valence-corrected chi connectivity index (χ3v) is 5.31. The number of nitrogens with two attached hydrogens (primary N) is 1. The van der Waals surface area contributed by atoms with Gasteiger partial charge < -0.3 is 20.1 Å². The fourth-order valence-corrected chi connectivity index (χ4v) is 3.90. The summed E-state index contributed by atoms with van der Waals surface area (Å²) in [5.74, 6) is 1.49. The highest BCUT2D eigenvalue weighted by molar-refractivity contribution is 5.99. The number of nitrogens with zero attached hydrogens (tertiary/aromatic N) is 1. The summed E-state index contributed by atoms with van der Waals surface area (Å²) >= 11 is 0. The van der Waals surface area contributed by atoms with E-state index in [2.05, 4.69) is 6.07 Å². The van der Waals surface area contributed by atoms with Gasteiger partial charge >= 0.3 is 0 Å². The Bertz CT molecular complexity index is 810. The van der Waals surface area contributed by atoms with Crippen molar-refractivity contribution in [3.63, 3.8) is 0 Å². The molecule has 0 radical (unpaired) electrons. The molecule has 1 heterocycles. The third kappa shape index (κ3) is 3.78. The number of amides is 1. The monoisotopic (exact) mass is 368 g/mol. The van der Waals surface area contributed by atoms with Crippen molar-refractivity contribution in [2.75, 3.05) is 25.7 Å². The predicted octanol–water partition coefficient (Wildman–Crippen LogP) is 3.17. The highest BCUT2D eigenvalue weighted by atomic mass is 16.5. The summed E-state index contributed by atoms with van der Waals surface area (Å²) in [6.07, 6.45) is 2.38. The molecule has 0 saturated carbocycles. The number of carbonyl (C=O) groups excluding carboxylic acids is 1. The van der Waals surface area contributed by atoms with Crippen LogP contribution in [-0.4, -0.2) is 32.7 Å². The van der Waals surface area contributed by atoms with Crippen LogP contribution in [0.15, 0.2) is 30.3 Å². The summed E-state index contributed by atoms with van der Waals surface area (Å²) in [6, 6.07) is 9.29. The Kier molecular flexibility index (Phi) is 5.71. The number of rotatable bonds is 5. The smallest absolute Gasteiger partial charge is 0.244 e. The molecule has 3 rings (SSSR count). The van der Waals surface area contributed by atoms with Crippen LogP contribution in [0.3, 0.4) is 0 Å². The van der Waals surface area contributed by atoms with Crippen molar-refractivity contribution in [1.82, 2.24) is 0 Å². The van der Waals surface area contributed by atoms with E-state index in [1.807, 2.05) is 38.1 Å². The van der Waals surface area contributed by atoms with Crippen LogP contribution in [0.1, 0.15) is 28.7 Å². The van der Waals surface area contributed by atoms with Gasteiger partial charge in [0.2, 0.25) is 5.91 Å². The Balaban J connectivity index is 1.86. The van der Waals surface area contributed by atoms with Crippen LogP contribution in [-0.2, 0) is 17.6 Å². The molecule has 0 aliphatic carbocycles. The van der Waals surface area contributed by atoms with Gasteiger partial charge in [-0.05, 0) is 73.6 Å². The number of aryl methyl sites for hydroxylation is 3. The van der Waals surface area contributed by atoms with E-state index in [1.165, 1.54) is 0 Å². The van der Waals surface area contributed by atoms with Crippen LogP contribution >= 0.6 is 0 Å². The maximum Gasteiger partial charge on any atom is 0.244 e. The van der Waals surface area contributed by atoms with E-state index >= 15 is 0 Å². The van der Waals surface area contributed by atoms with Gasteiger partial charge in [-0.25, -0.2) is 0 Å². The SMILES string of the molecule is COc1cc(C)c(C[C@H](N)C(=O)N2CCCc3cccc(OC)c32)c(C)c1. The van der Waals surface area contributed by atoms with Gasteiger partial charge in [0.1, 0.15) is 11.5 Å². The molecule has 2 N–H and O–H groups in total. The zero-order valence-corrected chi connectivity index (χ0v) is 16.5. The Morgan fingerprint density at radius 2 is 1.89 bits per heavy atom. The molecule has 1 aliphatic heterocycles. The quantitative estimate of drug-likeness (QED) is 0.880.